The van der Waals surface area contributed by atoms with Crippen LogP contribution in [-0.2, 0) is 23.4 Å². The molecular formula is C28H27Cl3N2O12S. The van der Waals surface area contributed by atoms with E-state index in [1.807, 2.05) is 0 Å². The van der Waals surface area contributed by atoms with Gasteiger partial charge in [-0.1, -0.05) is 0 Å². The smallest absolute Gasteiger partial charge is 0.335 e. The first-order valence-electron chi connectivity index (χ1n) is 12.1. The highest BCUT2D eigenvalue weighted by Gasteiger charge is 2.06. The van der Waals surface area contributed by atoms with E-state index < -0.39 is 32.9 Å². The molecule has 0 unspecified atom stereocenters. The van der Waals surface area contributed by atoms with Crippen LogP contribution in [-0.4, -0.2) is 69.5 Å². The summed E-state index contributed by atoms with van der Waals surface area (Å²) in [4.78, 5) is 35.4. The molecule has 0 bridgehead atoms. The number of ether oxygens (including phenoxy) is 3. The molecule has 0 radical (unpaired) electrons. The van der Waals surface area contributed by atoms with E-state index in [9.17, 15) is 14.4 Å². The van der Waals surface area contributed by atoms with Gasteiger partial charge in [0.2, 0.25) is 9.23 Å². The van der Waals surface area contributed by atoms with E-state index in [-0.39, 0.29) is 22.6 Å². The van der Waals surface area contributed by atoms with Gasteiger partial charge >= 0.3 is 11.9 Å². The zero-order valence-electron chi connectivity index (χ0n) is 24.1. The highest BCUT2D eigenvalue weighted by molar-refractivity contribution is 8.26. The van der Waals surface area contributed by atoms with Gasteiger partial charge in [0.05, 0.1) is 23.1 Å². The minimum Gasteiger partial charge on any atom is -0.506 e. The van der Waals surface area contributed by atoms with Gasteiger partial charge in [0.1, 0.15) is 16.8 Å². The maximum Gasteiger partial charge on any atom is 0.335 e. The van der Waals surface area contributed by atoms with Crippen molar-refractivity contribution in [1.82, 2.24) is 4.98 Å². The van der Waals surface area contributed by atoms with E-state index in [4.69, 9.17) is 45.7 Å². The highest BCUT2D eigenvalue weighted by Crippen LogP contribution is 2.20. The minimum atomic E-state index is -1.67. The number of aromatic hydroxyl groups is 1. The van der Waals surface area contributed by atoms with Crippen molar-refractivity contribution in [2.24, 2.45) is 0 Å². The Morgan fingerprint density at radius 1 is 0.826 bits per heavy atom. The second-order valence-corrected chi connectivity index (χ2v) is 10.9. The van der Waals surface area contributed by atoms with Crippen LogP contribution in [0.15, 0.2) is 82.2 Å². The SMILES string of the molecule is COC(OC)OC.Nc1cc(C(=O)O)ccc1O.O=C(Cl)c1ccc2occc2c1.O=C(O)c1ccc2ocnc2c1.O=S(Cl)Cl. The van der Waals surface area contributed by atoms with Crippen LogP contribution < -0.4 is 5.73 Å². The number of aromatic carboxylic acids is 2. The molecule has 5 N–H and O–H groups in total. The summed E-state index contributed by atoms with van der Waals surface area (Å²) in [5.74, 6) is -2.12. The fourth-order valence-corrected chi connectivity index (χ4v) is 3.17. The first-order valence-corrected chi connectivity index (χ1v) is 15.3. The van der Waals surface area contributed by atoms with E-state index >= 15 is 0 Å². The molecule has 3 aromatic carbocycles. The number of methoxy groups -OCH3 is 3. The molecule has 0 saturated heterocycles. The summed E-state index contributed by atoms with van der Waals surface area (Å²) >= 11 is 5.30. The maximum absolute atomic E-state index is 10.7. The third kappa shape index (κ3) is 14.3. The average molecular weight is 722 g/mol. The van der Waals surface area contributed by atoms with E-state index in [0.29, 0.717) is 16.7 Å². The normalized spacial score (nSPS) is 10.0. The minimum absolute atomic E-state index is 0.0697. The van der Waals surface area contributed by atoms with E-state index in [1.165, 1.54) is 58.1 Å². The lowest BCUT2D eigenvalue weighted by atomic mass is 10.2. The predicted molar refractivity (Wildman–Crippen MR) is 172 cm³/mol. The number of nitrogens with zero attached hydrogens (tertiary/aromatic N) is 1. The van der Waals surface area contributed by atoms with Crippen molar-refractivity contribution in [3.8, 4) is 5.75 Å². The molecule has 0 aliphatic carbocycles. The Bertz CT molecular complexity index is 1650. The number of carboxylic acid groups (broad SMARTS) is 2. The van der Waals surface area contributed by atoms with Crippen LogP contribution >= 0.6 is 33.0 Å². The highest BCUT2D eigenvalue weighted by atomic mass is 36.0. The number of hydrogen-bond acceptors (Lipinski definition) is 12. The molecule has 0 fully saturated rings. The van der Waals surface area contributed by atoms with Gasteiger partial charge in [-0.25, -0.2) is 18.8 Å². The molecule has 2 aromatic heterocycles. The standard InChI is InChI=1S/C9H5ClO2.C8H5NO3.C7H7NO3.C4H10O3.Cl2OS/c10-9(11)7-1-2-8-6(5-7)3-4-12-8;10-8(11)5-1-2-7-6(3-5)9-4-12-7;8-5-3-4(7(10)11)1-2-6(5)9;1-5-4(6-2)7-3;1-4(2)3/h1-5H;1-4H,(H,10,11);1-3,9H,8H2,(H,10,11);4H,1-3H3;. The van der Waals surface area contributed by atoms with Crippen molar-refractivity contribution < 1.29 is 57.0 Å². The second-order valence-electron chi connectivity index (χ2n) is 8.05. The number of oxazole rings is 1. The molecule has 0 spiro atoms. The van der Waals surface area contributed by atoms with Gasteiger partial charge in [-0.05, 0) is 72.3 Å². The van der Waals surface area contributed by atoms with Crippen LogP contribution in [0.4, 0.5) is 5.69 Å². The van der Waals surface area contributed by atoms with Crippen LogP contribution in [0.2, 0.25) is 0 Å². The van der Waals surface area contributed by atoms with Crippen molar-refractivity contribution in [3.63, 3.8) is 0 Å². The van der Waals surface area contributed by atoms with E-state index in [1.54, 1.807) is 36.6 Å². The summed E-state index contributed by atoms with van der Waals surface area (Å²) in [6.07, 6.45) is 2.86. The van der Waals surface area contributed by atoms with Gasteiger partial charge in [-0.2, -0.15) is 0 Å². The molecular weight excluding hydrogens is 695 g/mol. The van der Waals surface area contributed by atoms with Gasteiger partial charge in [0, 0.05) is 53.6 Å². The molecule has 46 heavy (non-hydrogen) atoms. The molecule has 248 valence electrons. The Kier molecular flexibility index (Phi) is 17.9. The molecule has 5 aromatic rings. The number of aromatic nitrogens is 1. The zero-order chi connectivity index (χ0) is 34.8. The molecule has 14 nitrogen and oxygen atoms in total. The largest absolute Gasteiger partial charge is 0.506 e. The number of phenolic OH excluding ortho intramolecular Hbond substituents is 1. The molecule has 0 atom stereocenters. The fourth-order valence-electron chi connectivity index (χ4n) is 3.06. The lowest BCUT2D eigenvalue weighted by Crippen LogP contribution is -2.14. The van der Waals surface area contributed by atoms with Crippen LogP contribution in [0.25, 0.3) is 22.1 Å². The summed E-state index contributed by atoms with van der Waals surface area (Å²) in [5.41, 5.74) is 8.02. The van der Waals surface area contributed by atoms with E-state index in [2.05, 4.69) is 40.6 Å². The third-order valence-electron chi connectivity index (χ3n) is 5.11. The lowest BCUT2D eigenvalue weighted by molar-refractivity contribution is -0.252. The quantitative estimate of drug-likeness (QED) is 0.0658. The van der Waals surface area contributed by atoms with Gasteiger partial charge in [-0.3, -0.25) is 4.79 Å². The number of anilines is 1. The van der Waals surface area contributed by atoms with Crippen LogP contribution in [0, 0.1) is 0 Å². The number of rotatable bonds is 6. The number of furan rings is 1. The number of phenols is 1. The number of hydrogen-bond donors (Lipinski definition) is 4. The summed E-state index contributed by atoms with van der Waals surface area (Å²) in [7, 11) is 11.9. The molecule has 0 aliphatic rings. The predicted octanol–water partition coefficient (Wildman–Crippen LogP) is 6.26. The topological polar surface area (TPSA) is 222 Å². The Hall–Kier alpha value is -4.22. The van der Waals surface area contributed by atoms with Crippen LogP contribution in [0.5, 0.6) is 5.75 Å². The second kappa shape index (κ2) is 20.7. The van der Waals surface area contributed by atoms with Crippen molar-refractivity contribution in [1.29, 1.82) is 0 Å². The van der Waals surface area contributed by atoms with Gasteiger partial charge < -0.3 is 44.1 Å². The fraction of sp³-hybridized carbons (Fsp3) is 0.143. The third-order valence-corrected chi connectivity index (χ3v) is 5.33. The number of nitrogen functional groups attached to an aromatic ring is 1. The van der Waals surface area contributed by atoms with Crippen LogP contribution in [0.1, 0.15) is 31.1 Å². The monoisotopic (exact) mass is 720 g/mol. The molecule has 0 amide bonds. The number of carbonyl (C=O) groups excluding carboxylic acids is 1. The lowest BCUT2D eigenvalue weighted by Gasteiger charge is -2.08. The molecule has 18 heteroatoms. The Morgan fingerprint density at radius 2 is 1.35 bits per heavy atom. The summed E-state index contributed by atoms with van der Waals surface area (Å²) in [5, 5.41) is 26.4. The zero-order valence-corrected chi connectivity index (χ0v) is 27.2. The molecule has 0 saturated carbocycles. The Labute approximate surface area is 277 Å². The van der Waals surface area contributed by atoms with E-state index in [0.717, 1.165) is 11.0 Å². The van der Waals surface area contributed by atoms with Crippen molar-refractivity contribution in [2.45, 2.75) is 6.48 Å². The Morgan fingerprint density at radius 3 is 1.85 bits per heavy atom. The van der Waals surface area contributed by atoms with Gasteiger partial charge in [0.15, 0.2) is 12.0 Å². The Balaban J connectivity index is 0.000000300. The molecule has 2 heterocycles. The van der Waals surface area contributed by atoms with Gasteiger partial charge in [-0.15, -0.1) is 0 Å². The van der Waals surface area contributed by atoms with Crippen LogP contribution in [0.3, 0.4) is 0 Å². The van der Waals surface area contributed by atoms with Gasteiger partial charge in [0.25, 0.3) is 11.7 Å². The summed E-state index contributed by atoms with van der Waals surface area (Å²) < 4.78 is 32.9. The van der Waals surface area contributed by atoms with Crippen molar-refractivity contribution in [2.75, 3.05) is 27.1 Å². The molecule has 0 aliphatic heterocycles. The number of nitrogens with two attached hydrogens (primary N) is 1. The molecule has 5 rings (SSSR count). The average Bonchev–Trinajstić information content (AvgIpc) is 3.69. The number of benzene rings is 3. The number of carboxylic acids is 2. The first-order chi connectivity index (χ1) is 21.7. The maximum atomic E-state index is 10.7. The van der Waals surface area contributed by atoms with Crippen molar-refractivity contribution >= 4 is 87.1 Å². The summed E-state index contributed by atoms with van der Waals surface area (Å²) in [6.45, 7) is -0.514. The number of halogens is 3. The summed E-state index contributed by atoms with van der Waals surface area (Å²) in [6, 6.07) is 15.1. The number of carbonyl (C=O) groups is 3. The van der Waals surface area contributed by atoms with Crippen molar-refractivity contribution in [3.05, 3.63) is 90.0 Å². The first kappa shape index (κ1) is 39.8. The number of fused-ring (bicyclic) bond motifs is 2.